The number of nitriles is 1. The summed E-state index contributed by atoms with van der Waals surface area (Å²) in [6.45, 7) is 9.11. The van der Waals surface area contributed by atoms with Gasteiger partial charge in [-0.1, -0.05) is 30.3 Å². The number of nitrogens with zero attached hydrogens (tertiary/aromatic N) is 3. The van der Waals surface area contributed by atoms with E-state index in [1.165, 1.54) is 4.90 Å². The first-order valence-corrected chi connectivity index (χ1v) is 10.2. The van der Waals surface area contributed by atoms with E-state index in [2.05, 4.69) is 38.4 Å². The van der Waals surface area contributed by atoms with Gasteiger partial charge >= 0.3 is 0 Å². The van der Waals surface area contributed by atoms with Crippen molar-refractivity contribution in [1.82, 2.24) is 9.57 Å². The lowest BCUT2D eigenvalue weighted by Gasteiger charge is -2.36. The second-order valence-corrected chi connectivity index (χ2v) is 8.01. The Kier molecular flexibility index (Phi) is 10.9. The average molecular weight is 394 g/mol. The third-order valence-corrected chi connectivity index (χ3v) is 5.81. The zero-order valence-electron chi connectivity index (χ0n) is 16.5. The summed E-state index contributed by atoms with van der Waals surface area (Å²) in [7, 11) is -1.38. The SMILES string of the molecule is CC(C)N(C(C)C)P(OCCC#N)OCCN(Cc1ccccc1)C(=O)[O-]. The van der Waals surface area contributed by atoms with Crippen LogP contribution in [0, 0.1) is 11.3 Å². The fourth-order valence-electron chi connectivity index (χ4n) is 2.58. The molecule has 7 nitrogen and oxygen atoms in total. The smallest absolute Gasteiger partial charge is 0.259 e. The van der Waals surface area contributed by atoms with Gasteiger partial charge in [0.1, 0.15) is 6.09 Å². The number of benzene rings is 1. The molecule has 0 aromatic heterocycles. The summed E-state index contributed by atoms with van der Waals surface area (Å²) in [6, 6.07) is 11.8. The molecule has 0 radical (unpaired) electrons. The molecule has 0 saturated carbocycles. The van der Waals surface area contributed by atoms with Crippen LogP contribution in [0.1, 0.15) is 39.7 Å². The van der Waals surface area contributed by atoms with Crippen LogP contribution in [-0.2, 0) is 15.6 Å². The number of hydrogen-bond donors (Lipinski definition) is 0. The van der Waals surface area contributed by atoms with Crippen molar-refractivity contribution in [3.05, 3.63) is 35.9 Å². The van der Waals surface area contributed by atoms with Crippen molar-refractivity contribution in [2.75, 3.05) is 19.8 Å². The van der Waals surface area contributed by atoms with Crippen LogP contribution in [-0.4, -0.2) is 47.5 Å². The van der Waals surface area contributed by atoms with Crippen LogP contribution in [0.15, 0.2) is 30.3 Å². The summed E-state index contributed by atoms with van der Waals surface area (Å²) in [5.41, 5.74) is 0.889. The molecule has 1 aromatic rings. The van der Waals surface area contributed by atoms with Gasteiger partial charge in [-0.05, 0) is 33.3 Å². The Morgan fingerprint density at radius 3 is 2.26 bits per heavy atom. The van der Waals surface area contributed by atoms with Gasteiger partial charge in [0, 0.05) is 25.2 Å². The largest absolute Gasteiger partial charge is 0.530 e. The first-order valence-electron chi connectivity index (χ1n) is 9.07. The van der Waals surface area contributed by atoms with E-state index in [0.717, 1.165) is 5.56 Å². The van der Waals surface area contributed by atoms with Crippen molar-refractivity contribution in [3.63, 3.8) is 0 Å². The van der Waals surface area contributed by atoms with Crippen LogP contribution >= 0.6 is 8.53 Å². The highest BCUT2D eigenvalue weighted by molar-refractivity contribution is 7.44. The minimum atomic E-state index is -1.38. The lowest BCUT2D eigenvalue weighted by atomic mass is 10.2. The minimum Gasteiger partial charge on any atom is -0.530 e. The van der Waals surface area contributed by atoms with Gasteiger partial charge in [0.2, 0.25) is 0 Å². The van der Waals surface area contributed by atoms with Gasteiger partial charge in [-0.25, -0.2) is 4.67 Å². The molecule has 0 aliphatic rings. The third-order valence-electron chi connectivity index (χ3n) is 3.70. The molecule has 27 heavy (non-hydrogen) atoms. The number of amides is 1. The standard InChI is InChI=1S/C19H30N3O4P/c1-16(2)22(17(3)4)27(25-13-8-11-20)26-14-12-21(19(23)24)15-18-9-6-5-7-10-18/h5-7,9-10,16-17H,8,12-15H2,1-4H3,(H,23,24)/p-1. The molecule has 150 valence electrons. The van der Waals surface area contributed by atoms with Crippen molar-refractivity contribution >= 4 is 14.6 Å². The molecule has 1 amide bonds. The fourth-order valence-corrected chi connectivity index (χ4v) is 4.16. The van der Waals surface area contributed by atoms with E-state index in [1.54, 1.807) is 0 Å². The molecule has 1 unspecified atom stereocenters. The Morgan fingerprint density at radius 2 is 1.74 bits per heavy atom. The van der Waals surface area contributed by atoms with Crippen LogP contribution < -0.4 is 5.11 Å². The van der Waals surface area contributed by atoms with Crippen molar-refractivity contribution in [1.29, 1.82) is 5.26 Å². The maximum atomic E-state index is 11.4. The normalized spacial score (nSPS) is 12.4. The molecule has 8 heteroatoms. The van der Waals surface area contributed by atoms with E-state index >= 15 is 0 Å². The highest BCUT2D eigenvalue weighted by Gasteiger charge is 2.27. The van der Waals surface area contributed by atoms with E-state index in [-0.39, 0.29) is 44.8 Å². The predicted octanol–water partition coefficient (Wildman–Crippen LogP) is 3.12. The van der Waals surface area contributed by atoms with Gasteiger partial charge in [-0.3, -0.25) is 0 Å². The molecule has 0 saturated heterocycles. The summed E-state index contributed by atoms with van der Waals surface area (Å²) in [5.74, 6) is 0. The molecule has 1 rings (SSSR count). The van der Waals surface area contributed by atoms with Crippen molar-refractivity contribution in [2.45, 2.75) is 52.7 Å². The van der Waals surface area contributed by atoms with E-state index in [1.807, 2.05) is 30.3 Å². The van der Waals surface area contributed by atoms with Gasteiger partial charge in [-0.2, -0.15) is 5.26 Å². The molecular formula is C19H29N3O4P-. The Bertz CT molecular complexity index is 584. The highest BCUT2D eigenvalue weighted by atomic mass is 31.2. The molecule has 0 heterocycles. The lowest BCUT2D eigenvalue weighted by molar-refractivity contribution is -0.266. The maximum Gasteiger partial charge on any atom is 0.259 e. The maximum absolute atomic E-state index is 11.4. The van der Waals surface area contributed by atoms with Crippen LogP contribution in [0.2, 0.25) is 0 Å². The molecule has 0 aliphatic heterocycles. The topological polar surface area (TPSA) is 88.9 Å². The van der Waals surface area contributed by atoms with Gasteiger partial charge in [0.05, 0.1) is 25.7 Å². The Morgan fingerprint density at radius 1 is 1.15 bits per heavy atom. The van der Waals surface area contributed by atoms with Crippen LogP contribution in [0.25, 0.3) is 0 Å². The predicted molar refractivity (Wildman–Crippen MR) is 103 cm³/mol. The Labute approximate surface area is 163 Å². The van der Waals surface area contributed by atoms with E-state index in [4.69, 9.17) is 14.3 Å². The number of hydrogen-bond acceptors (Lipinski definition) is 6. The van der Waals surface area contributed by atoms with Gasteiger partial charge in [0.25, 0.3) is 8.53 Å². The minimum absolute atomic E-state index is 0.182. The number of carbonyl (C=O) groups is 1. The molecule has 1 aromatic carbocycles. The highest BCUT2D eigenvalue weighted by Crippen LogP contribution is 2.45. The monoisotopic (exact) mass is 394 g/mol. The first kappa shape index (κ1) is 23.3. The van der Waals surface area contributed by atoms with E-state index in [9.17, 15) is 9.90 Å². The number of rotatable bonds is 12. The summed E-state index contributed by atoms with van der Waals surface area (Å²) in [5, 5.41) is 20.2. The molecule has 0 fully saturated rings. The van der Waals surface area contributed by atoms with Crippen molar-refractivity contribution < 1.29 is 18.9 Å². The molecule has 0 N–H and O–H groups in total. The Balaban J connectivity index is 2.68. The van der Waals surface area contributed by atoms with Gasteiger partial charge in [0.15, 0.2) is 0 Å². The average Bonchev–Trinajstić information content (AvgIpc) is 2.61. The second kappa shape index (κ2) is 12.6. The van der Waals surface area contributed by atoms with Crippen LogP contribution in [0.3, 0.4) is 0 Å². The van der Waals surface area contributed by atoms with Gasteiger partial charge < -0.3 is 23.8 Å². The zero-order chi connectivity index (χ0) is 20.2. The zero-order valence-corrected chi connectivity index (χ0v) is 17.4. The Hall–Kier alpha value is -1.71. The van der Waals surface area contributed by atoms with Crippen molar-refractivity contribution in [2.24, 2.45) is 0 Å². The molecular weight excluding hydrogens is 365 g/mol. The summed E-state index contributed by atoms with van der Waals surface area (Å²) in [6.07, 6.45) is -0.951. The third kappa shape index (κ3) is 8.68. The van der Waals surface area contributed by atoms with Crippen molar-refractivity contribution in [3.8, 4) is 6.07 Å². The summed E-state index contributed by atoms with van der Waals surface area (Å²) >= 11 is 0. The van der Waals surface area contributed by atoms with E-state index in [0.29, 0.717) is 0 Å². The van der Waals surface area contributed by atoms with E-state index < -0.39 is 14.6 Å². The summed E-state index contributed by atoms with van der Waals surface area (Å²) in [4.78, 5) is 12.6. The van der Waals surface area contributed by atoms with Crippen LogP contribution in [0.4, 0.5) is 4.79 Å². The second-order valence-electron chi connectivity index (χ2n) is 6.55. The lowest BCUT2D eigenvalue weighted by Crippen LogP contribution is -2.42. The summed E-state index contributed by atoms with van der Waals surface area (Å²) < 4.78 is 13.8. The molecule has 0 spiro atoms. The molecule has 1 atom stereocenters. The van der Waals surface area contributed by atoms with Crippen LogP contribution in [0.5, 0.6) is 0 Å². The molecule has 0 aliphatic carbocycles. The first-order chi connectivity index (χ1) is 12.9. The quantitative estimate of drug-likeness (QED) is 0.400. The van der Waals surface area contributed by atoms with Gasteiger partial charge in [-0.15, -0.1) is 0 Å². The number of carboxylic acid groups (broad SMARTS) is 1. The molecule has 0 bridgehead atoms. The fraction of sp³-hybridized carbons (Fsp3) is 0.579. The number of carbonyl (C=O) groups excluding carboxylic acids is 1.